The predicted molar refractivity (Wildman–Crippen MR) is 89.3 cm³/mol. The molecule has 0 saturated carbocycles. The minimum absolute atomic E-state index is 0.0400. The molecule has 0 bridgehead atoms. The maximum atomic E-state index is 12.2. The summed E-state index contributed by atoms with van der Waals surface area (Å²) in [5, 5.41) is 8.32. The number of hydrogen-bond acceptors (Lipinski definition) is 5. The third-order valence-corrected chi connectivity index (χ3v) is 5.51. The van der Waals surface area contributed by atoms with Crippen LogP contribution in [0.4, 0.5) is 0 Å². The van der Waals surface area contributed by atoms with Gasteiger partial charge >= 0.3 is 0 Å². The van der Waals surface area contributed by atoms with Crippen molar-refractivity contribution in [2.24, 2.45) is 0 Å². The van der Waals surface area contributed by atoms with Crippen LogP contribution in [-0.2, 0) is 6.54 Å². The van der Waals surface area contributed by atoms with E-state index >= 15 is 0 Å². The lowest BCUT2D eigenvalue weighted by atomic mass is 10.2. The van der Waals surface area contributed by atoms with Crippen LogP contribution in [0.1, 0.15) is 34.8 Å². The molecule has 6 heteroatoms. The smallest absolute Gasteiger partial charge is 0.259 e. The summed E-state index contributed by atoms with van der Waals surface area (Å²) in [7, 11) is 0. The summed E-state index contributed by atoms with van der Waals surface area (Å²) < 4.78 is 0. The molecule has 0 fully saturated rings. The maximum Gasteiger partial charge on any atom is 0.259 e. The van der Waals surface area contributed by atoms with Crippen LogP contribution in [0.15, 0.2) is 21.6 Å². The zero-order chi connectivity index (χ0) is 15.0. The van der Waals surface area contributed by atoms with Crippen molar-refractivity contribution >= 4 is 32.9 Å². The zero-order valence-corrected chi connectivity index (χ0v) is 13.8. The number of fused-ring (bicyclic) bond motifs is 1. The number of aromatic amines is 1. The molecule has 110 valence electrons. The Morgan fingerprint density at radius 3 is 2.95 bits per heavy atom. The second-order valence-electron chi connectivity index (χ2n) is 5.14. The molecule has 21 heavy (non-hydrogen) atoms. The molecule has 3 aromatic heterocycles. The Morgan fingerprint density at radius 1 is 1.43 bits per heavy atom. The van der Waals surface area contributed by atoms with Crippen molar-refractivity contribution in [3.05, 3.63) is 49.0 Å². The van der Waals surface area contributed by atoms with Crippen molar-refractivity contribution in [1.82, 2.24) is 15.3 Å². The van der Waals surface area contributed by atoms with Gasteiger partial charge in [-0.2, -0.15) is 11.3 Å². The topological polar surface area (TPSA) is 57.8 Å². The van der Waals surface area contributed by atoms with E-state index < -0.39 is 0 Å². The van der Waals surface area contributed by atoms with Crippen molar-refractivity contribution in [2.45, 2.75) is 33.4 Å². The number of rotatable bonds is 4. The van der Waals surface area contributed by atoms with Crippen molar-refractivity contribution in [3.8, 4) is 0 Å². The van der Waals surface area contributed by atoms with Crippen LogP contribution < -0.4 is 10.9 Å². The van der Waals surface area contributed by atoms with Crippen LogP contribution in [0, 0.1) is 13.8 Å². The zero-order valence-electron chi connectivity index (χ0n) is 12.2. The SMILES string of the molecule is Cc1sc2nc(CNC(C)c3ccsc3)[nH]c(=O)c2c1C. The minimum Gasteiger partial charge on any atom is -0.309 e. The molecule has 0 radical (unpaired) electrons. The van der Waals surface area contributed by atoms with Gasteiger partial charge in [0.25, 0.3) is 5.56 Å². The highest BCUT2D eigenvalue weighted by molar-refractivity contribution is 7.18. The van der Waals surface area contributed by atoms with Gasteiger partial charge in [-0.15, -0.1) is 11.3 Å². The maximum absolute atomic E-state index is 12.2. The van der Waals surface area contributed by atoms with Crippen LogP contribution in [0.2, 0.25) is 0 Å². The third-order valence-electron chi connectivity index (χ3n) is 3.71. The van der Waals surface area contributed by atoms with Gasteiger partial charge in [-0.3, -0.25) is 4.79 Å². The second kappa shape index (κ2) is 5.71. The highest BCUT2D eigenvalue weighted by atomic mass is 32.1. The predicted octanol–water partition coefficient (Wildman–Crippen LogP) is 3.51. The molecule has 3 heterocycles. The fraction of sp³-hybridized carbons (Fsp3) is 0.333. The number of aryl methyl sites for hydroxylation is 2. The van der Waals surface area contributed by atoms with Gasteiger partial charge in [-0.25, -0.2) is 4.98 Å². The molecule has 0 aliphatic carbocycles. The number of hydrogen-bond donors (Lipinski definition) is 2. The van der Waals surface area contributed by atoms with Crippen LogP contribution in [0.3, 0.4) is 0 Å². The van der Waals surface area contributed by atoms with E-state index in [4.69, 9.17) is 0 Å². The van der Waals surface area contributed by atoms with Gasteiger partial charge in [0.1, 0.15) is 10.7 Å². The first-order chi connectivity index (χ1) is 10.1. The summed E-state index contributed by atoms with van der Waals surface area (Å²) in [4.78, 5) is 21.6. The lowest BCUT2D eigenvalue weighted by Gasteiger charge is -2.11. The molecule has 0 aromatic carbocycles. The van der Waals surface area contributed by atoms with E-state index in [0.717, 1.165) is 20.7 Å². The van der Waals surface area contributed by atoms with E-state index in [9.17, 15) is 4.79 Å². The van der Waals surface area contributed by atoms with E-state index in [-0.39, 0.29) is 11.6 Å². The Bertz CT molecular complexity index is 817. The summed E-state index contributed by atoms with van der Waals surface area (Å²) in [6.07, 6.45) is 0. The summed E-state index contributed by atoms with van der Waals surface area (Å²) in [6.45, 7) is 6.66. The van der Waals surface area contributed by atoms with E-state index in [1.165, 1.54) is 5.56 Å². The van der Waals surface area contributed by atoms with Crippen LogP contribution >= 0.6 is 22.7 Å². The fourth-order valence-corrected chi connectivity index (χ4v) is 4.07. The molecule has 4 nitrogen and oxygen atoms in total. The van der Waals surface area contributed by atoms with Crippen LogP contribution in [0.25, 0.3) is 10.2 Å². The largest absolute Gasteiger partial charge is 0.309 e. The Morgan fingerprint density at radius 2 is 2.24 bits per heavy atom. The molecular formula is C15H17N3OS2. The van der Waals surface area contributed by atoms with Gasteiger partial charge in [-0.1, -0.05) is 0 Å². The number of H-pyrrole nitrogens is 1. The molecule has 2 N–H and O–H groups in total. The molecule has 0 amide bonds. The number of thiophene rings is 2. The summed E-state index contributed by atoms with van der Waals surface area (Å²) in [6, 6.07) is 2.34. The second-order valence-corrected chi connectivity index (χ2v) is 7.12. The normalized spacial score (nSPS) is 12.9. The van der Waals surface area contributed by atoms with Gasteiger partial charge in [0.15, 0.2) is 0 Å². The quantitative estimate of drug-likeness (QED) is 0.773. The van der Waals surface area contributed by atoms with Crippen LogP contribution in [-0.4, -0.2) is 9.97 Å². The standard InChI is InChI=1S/C15H17N3OS2/c1-8-10(3)21-15-13(8)14(19)17-12(18-15)6-16-9(2)11-4-5-20-7-11/h4-5,7,9,16H,6H2,1-3H3,(H,17,18,19). The van der Waals surface area contributed by atoms with Gasteiger partial charge < -0.3 is 10.3 Å². The summed E-state index contributed by atoms with van der Waals surface area (Å²) in [5.41, 5.74) is 2.25. The van der Waals surface area contributed by atoms with E-state index in [1.54, 1.807) is 22.7 Å². The first-order valence-corrected chi connectivity index (χ1v) is 8.56. The number of nitrogens with one attached hydrogen (secondary N) is 2. The van der Waals surface area contributed by atoms with Gasteiger partial charge in [-0.05, 0) is 48.7 Å². The molecular weight excluding hydrogens is 302 g/mol. The Balaban J connectivity index is 1.83. The summed E-state index contributed by atoms with van der Waals surface area (Å²) >= 11 is 3.27. The average Bonchev–Trinajstić information content (AvgIpc) is 3.06. The fourth-order valence-electron chi connectivity index (χ4n) is 2.27. The van der Waals surface area contributed by atoms with E-state index in [1.807, 2.05) is 13.8 Å². The molecule has 0 saturated heterocycles. The van der Waals surface area contributed by atoms with Crippen molar-refractivity contribution in [1.29, 1.82) is 0 Å². The molecule has 1 unspecified atom stereocenters. The molecule has 1 atom stereocenters. The van der Waals surface area contributed by atoms with E-state index in [2.05, 4.69) is 39.0 Å². The van der Waals surface area contributed by atoms with Crippen molar-refractivity contribution in [3.63, 3.8) is 0 Å². The summed E-state index contributed by atoms with van der Waals surface area (Å²) in [5.74, 6) is 0.691. The Labute approximate surface area is 130 Å². The first-order valence-electron chi connectivity index (χ1n) is 6.80. The highest BCUT2D eigenvalue weighted by Crippen LogP contribution is 2.25. The molecule has 0 spiro atoms. The average molecular weight is 319 g/mol. The lowest BCUT2D eigenvalue weighted by molar-refractivity contribution is 0.561. The first kappa shape index (κ1) is 14.4. The Kier molecular flexibility index (Phi) is 3.93. The molecule has 3 rings (SSSR count). The molecule has 0 aliphatic rings. The molecule has 0 aliphatic heterocycles. The lowest BCUT2D eigenvalue weighted by Crippen LogP contribution is -2.21. The van der Waals surface area contributed by atoms with Gasteiger partial charge in [0.05, 0.1) is 11.9 Å². The Hall–Kier alpha value is -1.50. The van der Waals surface area contributed by atoms with Gasteiger partial charge in [0.2, 0.25) is 0 Å². The monoisotopic (exact) mass is 319 g/mol. The van der Waals surface area contributed by atoms with Crippen LogP contribution in [0.5, 0.6) is 0 Å². The molecule has 3 aromatic rings. The number of nitrogens with zero attached hydrogens (tertiary/aromatic N) is 1. The minimum atomic E-state index is -0.0400. The van der Waals surface area contributed by atoms with Crippen molar-refractivity contribution < 1.29 is 0 Å². The number of aromatic nitrogens is 2. The highest BCUT2D eigenvalue weighted by Gasteiger charge is 2.12. The van der Waals surface area contributed by atoms with E-state index in [0.29, 0.717) is 12.4 Å². The third kappa shape index (κ3) is 2.79. The van der Waals surface area contributed by atoms with Gasteiger partial charge in [0, 0.05) is 10.9 Å². The van der Waals surface area contributed by atoms with Crippen molar-refractivity contribution in [2.75, 3.05) is 0 Å².